The second kappa shape index (κ2) is 11.6. The molecule has 8 nitrogen and oxygen atoms in total. The van der Waals surface area contributed by atoms with Crippen LogP contribution in [0.3, 0.4) is 0 Å². The van der Waals surface area contributed by atoms with Crippen LogP contribution in [0.1, 0.15) is 28.9 Å². The van der Waals surface area contributed by atoms with E-state index in [0.29, 0.717) is 21.4 Å². The number of likely N-dealkylation sites (tertiary alicyclic amines) is 1. The molecule has 32 heavy (non-hydrogen) atoms. The number of nitrogens with zero attached hydrogens (tertiary/aromatic N) is 3. The van der Waals surface area contributed by atoms with Gasteiger partial charge in [0.2, 0.25) is 11.8 Å². The maximum absolute atomic E-state index is 12.9. The summed E-state index contributed by atoms with van der Waals surface area (Å²) in [6, 6.07) is 4.55. The Morgan fingerprint density at radius 1 is 1.22 bits per heavy atom. The molecule has 1 N–H and O–H groups in total. The molecule has 3 rings (SSSR count). The summed E-state index contributed by atoms with van der Waals surface area (Å²) in [7, 11) is 1.52. The number of aromatic nitrogens is 1. The summed E-state index contributed by atoms with van der Waals surface area (Å²) >= 11 is 13.2. The van der Waals surface area contributed by atoms with Crippen molar-refractivity contribution in [2.45, 2.75) is 19.3 Å². The number of thiazole rings is 1. The molecule has 11 heteroatoms. The molecule has 1 aromatic carbocycles. The van der Waals surface area contributed by atoms with Gasteiger partial charge >= 0.3 is 0 Å². The number of hydrogen-bond acceptors (Lipinski definition) is 6. The van der Waals surface area contributed by atoms with Gasteiger partial charge in [0.25, 0.3) is 5.91 Å². The van der Waals surface area contributed by atoms with Gasteiger partial charge in [-0.25, -0.2) is 4.98 Å². The number of rotatable bonds is 9. The fourth-order valence-corrected chi connectivity index (χ4v) is 4.30. The molecule has 0 atom stereocenters. The lowest BCUT2D eigenvalue weighted by Crippen LogP contribution is -2.40. The lowest BCUT2D eigenvalue weighted by Gasteiger charge is -2.22. The first kappa shape index (κ1) is 24.4. The number of ether oxygens (including phenoxy) is 1. The van der Waals surface area contributed by atoms with Crippen molar-refractivity contribution in [3.8, 4) is 0 Å². The summed E-state index contributed by atoms with van der Waals surface area (Å²) in [5, 5.41) is 5.44. The molecule has 2 heterocycles. The SMILES string of the molecule is COCCN(CC(=O)Nc1nc(CC(=O)N2CCCC2)cs1)C(=O)c1ccc(Cl)c(Cl)c1. The number of anilines is 1. The van der Waals surface area contributed by atoms with Gasteiger partial charge in [-0.05, 0) is 31.0 Å². The predicted octanol–water partition coefficient (Wildman–Crippen LogP) is 3.34. The number of carbonyl (C=O) groups is 3. The van der Waals surface area contributed by atoms with Crippen LogP contribution >= 0.6 is 34.5 Å². The van der Waals surface area contributed by atoms with Crippen LogP contribution in [0.4, 0.5) is 5.13 Å². The third-order valence-corrected chi connectivity index (χ3v) is 6.49. The highest BCUT2D eigenvalue weighted by Crippen LogP contribution is 2.23. The van der Waals surface area contributed by atoms with Gasteiger partial charge in [0.05, 0.1) is 28.8 Å². The summed E-state index contributed by atoms with van der Waals surface area (Å²) < 4.78 is 5.06. The zero-order valence-corrected chi connectivity index (χ0v) is 19.9. The summed E-state index contributed by atoms with van der Waals surface area (Å²) in [5.41, 5.74) is 0.936. The Labute approximate surface area is 200 Å². The highest BCUT2D eigenvalue weighted by atomic mass is 35.5. The van der Waals surface area contributed by atoms with Crippen LogP contribution in [-0.4, -0.2) is 72.4 Å². The molecule has 0 unspecified atom stereocenters. The van der Waals surface area contributed by atoms with Gasteiger partial charge < -0.3 is 19.9 Å². The molecule has 0 radical (unpaired) electrons. The Morgan fingerprint density at radius 2 is 1.97 bits per heavy atom. The fraction of sp³-hybridized carbons (Fsp3) is 0.429. The summed E-state index contributed by atoms with van der Waals surface area (Å²) in [6.45, 7) is 1.87. The molecule has 0 bridgehead atoms. The first-order valence-corrected chi connectivity index (χ1v) is 11.8. The van der Waals surface area contributed by atoms with E-state index in [9.17, 15) is 14.4 Å². The molecule has 1 fully saturated rings. The minimum atomic E-state index is -0.402. The number of methoxy groups -OCH3 is 1. The normalized spacial score (nSPS) is 13.3. The number of amides is 3. The zero-order chi connectivity index (χ0) is 23.1. The van der Waals surface area contributed by atoms with Crippen molar-refractivity contribution >= 4 is 57.4 Å². The standard InChI is InChI=1S/C21H24Cl2N4O4S/c1-31-9-8-27(20(30)14-4-5-16(22)17(23)10-14)12-18(28)25-21-24-15(13-32-21)11-19(29)26-6-2-3-7-26/h4-5,10,13H,2-3,6-9,11-12H2,1H3,(H,24,25,28). The van der Waals surface area contributed by atoms with Crippen molar-refractivity contribution in [1.82, 2.24) is 14.8 Å². The van der Waals surface area contributed by atoms with Crippen molar-refractivity contribution in [2.24, 2.45) is 0 Å². The molecule has 0 saturated carbocycles. The van der Waals surface area contributed by atoms with Crippen LogP contribution < -0.4 is 5.32 Å². The van der Waals surface area contributed by atoms with Crippen molar-refractivity contribution in [2.75, 3.05) is 45.2 Å². The average molecular weight is 499 g/mol. The second-order valence-corrected chi connectivity index (χ2v) is 8.98. The first-order valence-electron chi connectivity index (χ1n) is 10.1. The Bertz CT molecular complexity index is 978. The lowest BCUT2D eigenvalue weighted by molar-refractivity contribution is -0.129. The van der Waals surface area contributed by atoms with Crippen molar-refractivity contribution in [3.63, 3.8) is 0 Å². The van der Waals surface area contributed by atoms with Crippen molar-refractivity contribution in [1.29, 1.82) is 0 Å². The monoisotopic (exact) mass is 498 g/mol. The van der Waals surface area contributed by atoms with Crippen molar-refractivity contribution < 1.29 is 19.1 Å². The van der Waals surface area contributed by atoms with Gasteiger partial charge in [0, 0.05) is 37.7 Å². The minimum Gasteiger partial charge on any atom is -0.383 e. The first-order chi connectivity index (χ1) is 15.4. The van der Waals surface area contributed by atoms with Crippen LogP contribution in [-0.2, 0) is 20.7 Å². The van der Waals surface area contributed by atoms with Gasteiger partial charge in [-0.3, -0.25) is 14.4 Å². The Balaban J connectivity index is 1.60. The van der Waals surface area contributed by atoms with E-state index < -0.39 is 5.91 Å². The smallest absolute Gasteiger partial charge is 0.254 e. The molecule has 0 spiro atoms. The van der Waals surface area contributed by atoms with Crippen LogP contribution in [0.15, 0.2) is 23.6 Å². The molecule has 3 amide bonds. The molecule has 1 aliphatic rings. The Hall–Kier alpha value is -2.20. The summed E-state index contributed by atoms with van der Waals surface area (Å²) in [4.78, 5) is 45.3. The van der Waals surface area contributed by atoms with E-state index in [2.05, 4.69) is 10.3 Å². The number of carbonyl (C=O) groups excluding carboxylic acids is 3. The number of hydrogen-bond donors (Lipinski definition) is 1. The average Bonchev–Trinajstić information content (AvgIpc) is 3.45. The van der Waals surface area contributed by atoms with Crippen LogP contribution in [0.25, 0.3) is 0 Å². The molecule has 1 saturated heterocycles. The quantitative estimate of drug-likeness (QED) is 0.572. The van der Waals surface area contributed by atoms with Gasteiger partial charge in [0.1, 0.15) is 6.54 Å². The van der Waals surface area contributed by atoms with Crippen LogP contribution in [0.2, 0.25) is 10.0 Å². The molecule has 172 valence electrons. The molecule has 1 aromatic heterocycles. The molecule has 0 aliphatic carbocycles. The highest BCUT2D eigenvalue weighted by molar-refractivity contribution is 7.13. The molecular weight excluding hydrogens is 475 g/mol. The predicted molar refractivity (Wildman–Crippen MR) is 125 cm³/mol. The van der Waals surface area contributed by atoms with Gasteiger partial charge in [-0.1, -0.05) is 23.2 Å². The van der Waals surface area contributed by atoms with E-state index in [-0.39, 0.29) is 43.0 Å². The number of nitrogens with one attached hydrogen (secondary N) is 1. The third-order valence-electron chi connectivity index (χ3n) is 4.94. The molecule has 2 aromatic rings. The highest BCUT2D eigenvalue weighted by Gasteiger charge is 2.22. The van der Waals surface area contributed by atoms with E-state index >= 15 is 0 Å². The van der Waals surface area contributed by atoms with E-state index in [4.69, 9.17) is 27.9 Å². The van der Waals surface area contributed by atoms with E-state index in [1.165, 1.54) is 35.5 Å². The lowest BCUT2D eigenvalue weighted by atomic mass is 10.2. The van der Waals surface area contributed by atoms with Gasteiger partial charge in [0.15, 0.2) is 5.13 Å². The summed E-state index contributed by atoms with van der Waals surface area (Å²) in [6.07, 6.45) is 2.28. The Morgan fingerprint density at radius 3 is 2.66 bits per heavy atom. The maximum Gasteiger partial charge on any atom is 0.254 e. The van der Waals surface area contributed by atoms with Crippen molar-refractivity contribution in [3.05, 3.63) is 44.9 Å². The third kappa shape index (κ3) is 6.65. The largest absolute Gasteiger partial charge is 0.383 e. The summed E-state index contributed by atoms with van der Waals surface area (Å²) in [5.74, 6) is -0.725. The molecule has 1 aliphatic heterocycles. The number of halogens is 2. The maximum atomic E-state index is 12.9. The van der Waals surface area contributed by atoms with Gasteiger partial charge in [-0.15, -0.1) is 11.3 Å². The Kier molecular flexibility index (Phi) is 8.86. The minimum absolute atomic E-state index is 0.0450. The van der Waals surface area contributed by atoms with Crippen LogP contribution in [0, 0.1) is 0 Å². The number of benzene rings is 1. The van der Waals surface area contributed by atoms with Gasteiger partial charge in [-0.2, -0.15) is 0 Å². The topological polar surface area (TPSA) is 91.8 Å². The zero-order valence-electron chi connectivity index (χ0n) is 17.6. The van der Waals surface area contributed by atoms with E-state index in [1.807, 2.05) is 4.90 Å². The van der Waals surface area contributed by atoms with Crippen LogP contribution in [0.5, 0.6) is 0 Å². The fourth-order valence-electron chi connectivity index (χ4n) is 3.28. The second-order valence-electron chi connectivity index (χ2n) is 7.31. The van der Waals surface area contributed by atoms with E-state index in [1.54, 1.807) is 11.4 Å². The molecular formula is C21H24Cl2N4O4S. The van der Waals surface area contributed by atoms with E-state index in [0.717, 1.165) is 25.9 Å².